The number of imidazole rings is 1. The molecule has 0 saturated carbocycles. The average molecular weight is 332 g/mol. The molecule has 1 aromatic heterocycles. The number of halogens is 3. The summed E-state index contributed by atoms with van der Waals surface area (Å²) in [7, 11) is 0. The Kier molecular flexibility index (Phi) is 5.06. The normalized spacial score (nSPS) is 12.8. The van der Waals surface area contributed by atoms with Gasteiger partial charge in [-0.2, -0.15) is 0 Å². The molecule has 0 saturated heterocycles. The highest BCUT2D eigenvalue weighted by Gasteiger charge is 2.16. The van der Waals surface area contributed by atoms with Crippen LogP contribution in [0.25, 0.3) is 11.0 Å². The molecular weight excluding hydrogens is 316 g/mol. The predicted octanol–water partition coefficient (Wildman–Crippen LogP) is 3.78. The van der Waals surface area contributed by atoms with Crippen LogP contribution in [-0.2, 0) is 11.3 Å². The first-order valence-corrected chi connectivity index (χ1v) is 7.49. The summed E-state index contributed by atoms with van der Waals surface area (Å²) < 4.78 is 15.4. The molecule has 0 bridgehead atoms. The summed E-state index contributed by atoms with van der Waals surface area (Å²) >= 11 is 12.0. The summed E-state index contributed by atoms with van der Waals surface area (Å²) in [6.07, 6.45) is 1.77. The van der Waals surface area contributed by atoms with Gasteiger partial charge in [0.25, 0.3) is 0 Å². The first-order valence-electron chi connectivity index (χ1n) is 6.67. The molecule has 2 N–H and O–H groups in total. The number of primary amides is 1. The van der Waals surface area contributed by atoms with Gasteiger partial charge in [-0.3, -0.25) is 4.79 Å². The van der Waals surface area contributed by atoms with Crippen LogP contribution in [-0.4, -0.2) is 15.5 Å². The van der Waals surface area contributed by atoms with E-state index in [0.717, 1.165) is 11.9 Å². The molecule has 114 valence electrons. The molecule has 0 aliphatic rings. The number of aryl methyl sites for hydroxylation is 1. The first-order chi connectivity index (χ1) is 9.90. The van der Waals surface area contributed by atoms with Crippen molar-refractivity contribution in [2.24, 2.45) is 5.73 Å². The van der Waals surface area contributed by atoms with Crippen molar-refractivity contribution in [1.29, 1.82) is 0 Å². The number of benzene rings is 1. The van der Waals surface area contributed by atoms with Gasteiger partial charge < -0.3 is 10.3 Å². The number of nitrogens with two attached hydrogens (primary N) is 1. The highest BCUT2D eigenvalue weighted by atomic mass is 35.5. The van der Waals surface area contributed by atoms with E-state index in [1.807, 2.05) is 4.57 Å². The Hall–Kier alpha value is -1.33. The van der Waals surface area contributed by atoms with Gasteiger partial charge in [-0.15, -0.1) is 11.6 Å². The van der Waals surface area contributed by atoms with E-state index in [9.17, 15) is 9.18 Å². The highest BCUT2D eigenvalue weighted by molar-refractivity contribution is 6.31. The molecule has 1 atom stereocenters. The number of hydrogen-bond acceptors (Lipinski definition) is 2. The fourth-order valence-electron chi connectivity index (χ4n) is 2.25. The molecule has 7 heteroatoms. The third-order valence-corrected chi connectivity index (χ3v) is 3.72. The topological polar surface area (TPSA) is 60.9 Å². The fraction of sp³-hybridized carbons (Fsp3) is 0.429. The number of carbonyl (C=O) groups excluding carboxylic acids is 1. The number of alkyl halides is 1. The molecule has 0 fully saturated rings. The lowest BCUT2D eigenvalue weighted by molar-refractivity contribution is -0.118. The first kappa shape index (κ1) is 16.0. The molecule has 2 aromatic rings. The van der Waals surface area contributed by atoms with Gasteiger partial charge in [-0.25, -0.2) is 9.37 Å². The maximum absolute atomic E-state index is 13.5. The number of fused-ring (bicyclic) bond motifs is 1. The molecule has 1 unspecified atom stereocenters. The van der Waals surface area contributed by atoms with Crippen LogP contribution >= 0.6 is 23.2 Å². The third kappa shape index (κ3) is 3.66. The number of hydrogen-bond donors (Lipinski definition) is 1. The minimum absolute atomic E-state index is 0.0505. The molecule has 1 amide bonds. The second-order valence-corrected chi connectivity index (χ2v) is 5.98. The van der Waals surface area contributed by atoms with E-state index in [0.29, 0.717) is 30.7 Å². The van der Waals surface area contributed by atoms with Crippen molar-refractivity contribution in [3.8, 4) is 0 Å². The van der Waals surface area contributed by atoms with Crippen molar-refractivity contribution in [3.05, 3.63) is 28.8 Å². The number of amides is 1. The van der Waals surface area contributed by atoms with Crippen molar-refractivity contribution in [2.45, 2.75) is 38.1 Å². The Morgan fingerprint density at radius 2 is 2.19 bits per heavy atom. The molecule has 1 aromatic carbocycles. The van der Waals surface area contributed by atoms with E-state index in [-0.39, 0.29) is 16.3 Å². The van der Waals surface area contributed by atoms with Gasteiger partial charge in [-0.05, 0) is 25.8 Å². The molecule has 2 rings (SSSR count). The van der Waals surface area contributed by atoms with Crippen molar-refractivity contribution in [1.82, 2.24) is 9.55 Å². The Balaban J connectivity index is 2.32. The van der Waals surface area contributed by atoms with Crippen LogP contribution in [0, 0.1) is 5.82 Å². The van der Waals surface area contributed by atoms with Gasteiger partial charge in [0.2, 0.25) is 5.91 Å². The van der Waals surface area contributed by atoms with Gasteiger partial charge in [0.1, 0.15) is 11.6 Å². The van der Waals surface area contributed by atoms with Gasteiger partial charge in [0.15, 0.2) is 0 Å². The summed E-state index contributed by atoms with van der Waals surface area (Å²) in [6, 6.07) is 2.86. The number of carbonyl (C=O) groups is 1. The zero-order valence-electron chi connectivity index (χ0n) is 11.6. The maximum atomic E-state index is 13.5. The van der Waals surface area contributed by atoms with Crippen LogP contribution in [0.4, 0.5) is 4.39 Å². The Labute approximate surface area is 132 Å². The van der Waals surface area contributed by atoms with Gasteiger partial charge in [-0.1, -0.05) is 11.6 Å². The molecule has 0 spiro atoms. The number of unbranched alkanes of at least 4 members (excludes halogenated alkanes) is 1. The SMILES string of the molecule is CC(Cl)c1nc2cc(F)c(Cl)cc2n1CCCCC(N)=O. The summed E-state index contributed by atoms with van der Waals surface area (Å²) in [6.45, 7) is 2.43. The van der Waals surface area contributed by atoms with Crippen LogP contribution in [0.2, 0.25) is 5.02 Å². The van der Waals surface area contributed by atoms with Crippen molar-refractivity contribution in [2.75, 3.05) is 0 Å². The lowest BCUT2D eigenvalue weighted by Crippen LogP contribution is -2.11. The van der Waals surface area contributed by atoms with E-state index in [2.05, 4.69) is 4.98 Å². The molecule has 4 nitrogen and oxygen atoms in total. The summed E-state index contributed by atoms with van der Waals surface area (Å²) in [5, 5.41) is -0.259. The average Bonchev–Trinajstić information content (AvgIpc) is 2.73. The lowest BCUT2D eigenvalue weighted by atomic mass is 10.2. The van der Waals surface area contributed by atoms with Crippen LogP contribution in [0.1, 0.15) is 37.4 Å². The van der Waals surface area contributed by atoms with Crippen LogP contribution in [0.5, 0.6) is 0 Å². The Morgan fingerprint density at radius 3 is 2.81 bits per heavy atom. The molecule has 21 heavy (non-hydrogen) atoms. The second kappa shape index (κ2) is 6.62. The minimum Gasteiger partial charge on any atom is -0.370 e. The van der Waals surface area contributed by atoms with Crippen LogP contribution in [0.15, 0.2) is 12.1 Å². The van der Waals surface area contributed by atoms with Gasteiger partial charge in [0, 0.05) is 19.0 Å². The molecule has 0 aliphatic carbocycles. The Bertz CT molecular complexity index is 670. The summed E-state index contributed by atoms with van der Waals surface area (Å²) in [5.41, 5.74) is 6.38. The smallest absolute Gasteiger partial charge is 0.217 e. The standard InChI is InChI=1S/C14H16Cl2FN3O/c1-8(15)14-19-11-7-10(17)9(16)6-12(11)20(14)5-3-2-4-13(18)21/h6-8H,2-5H2,1H3,(H2,18,21). The number of nitrogens with zero attached hydrogens (tertiary/aromatic N) is 2. The molecule has 1 heterocycles. The zero-order chi connectivity index (χ0) is 15.6. The predicted molar refractivity (Wildman–Crippen MR) is 82.0 cm³/mol. The van der Waals surface area contributed by atoms with Gasteiger partial charge in [0.05, 0.1) is 21.4 Å². The van der Waals surface area contributed by atoms with Crippen molar-refractivity contribution in [3.63, 3.8) is 0 Å². The van der Waals surface area contributed by atoms with Crippen LogP contribution in [0.3, 0.4) is 0 Å². The molecular formula is C14H16Cl2FN3O. The molecule has 0 radical (unpaired) electrons. The number of aromatic nitrogens is 2. The third-order valence-electron chi connectivity index (χ3n) is 3.23. The van der Waals surface area contributed by atoms with Gasteiger partial charge >= 0.3 is 0 Å². The Morgan fingerprint density at radius 1 is 1.48 bits per heavy atom. The fourth-order valence-corrected chi connectivity index (χ4v) is 2.57. The quantitative estimate of drug-likeness (QED) is 0.646. The monoisotopic (exact) mass is 331 g/mol. The van der Waals surface area contributed by atoms with E-state index >= 15 is 0 Å². The largest absolute Gasteiger partial charge is 0.370 e. The summed E-state index contributed by atoms with van der Waals surface area (Å²) in [5.74, 6) is -0.162. The van der Waals surface area contributed by atoms with Crippen molar-refractivity contribution >= 4 is 40.1 Å². The van der Waals surface area contributed by atoms with E-state index in [4.69, 9.17) is 28.9 Å². The minimum atomic E-state index is -0.503. The summed E-state index contributed by atoms with van der Waals surface area (Å²) in [4.78, 5) is 15.1. The van der Waals surface area contributed by atoms with Crippen LogP contribution < -0.4 is 5.73 Å². The maximum Gasteiger partial charge on any atom is 0.217 e. The highest BCUT2D eigenvalue weighted by Crippen LogP contribution is 2.28. The second-order valence-electron chi connectivity index (χ2n) is 4.92. The van der Waals surface area contributed by atoms with Crippen molar-refractivity contribution < 1.29 is 9.18 Å². The zero-order valence-corrected chi connectivity index (χ0v) is 13.1. The van der Waals surface area contributed by atoms with E-state index in [1.165, 1.54) is 6.07 Å². The lowest BCUT2D eigenvalue weighted by Gasteiger charge is -2.10. The number of rotatable bonds is 6. The van der Waals surface area contributed by atoms with E-state index in [1.54, 1.807) is 13.0 Å². The van der Waals surface area contributed by atoms with E-state index < -0.39 is 5.82 Å². The molecule has 0 aliphatic heterocycles.